The lowest BCUT2D eigenvalue weighted by atomic mass is 9.80. The fraction of sp³-hybridized carbons (Fsp3) is 0.765. The van der Waals surface area contributed by atoms with Crippen LogP contribution in [0.5, 0.6) is 0 Å². The zero-order valence-electron chi connectivity index (χ0n) is 13.7. The van der Waals surface area contributed by atoms with Crippen molar-refractivity contribution in [2.75, 3.05) is 13.1 Å². The zero-order chi connectivity index (χ0) is 17.2. The Morgan fingerprint density at radius 3 is 2.62 bits per heavy atom. The Morgan fingerprint density at radius 1 is 1.25 bits per heavy atom. The van der Waals surface area contributed by atoms with Gasteiger partial charge in [-0.15, -0.1) is 0 Å². The molecule has 0 unspecified atom stereocenters. The van der Waals surface area contributed by atoms with Crippen LogP contribution >= 0.6 is 0 Å². The standard InChI is InChI=1S/C17H24F3N3O/c18-17(19,20)15-5-3-12(4-6-15)8-16(24)23-7-1-2-13(11-23)14-9-21-22-10-14/h9-10,12-13,15H,1-8,11H2,(H,21,22)/t12?,13-,15?/m1/s1. The number of hydrogen-bond acceptors (Lipinski definition) is 2. The Morgan fingerprint density at radius 2 is 2.00 bits per heavy atom. The van der Waals surface area contributed by atoms with Crippen molar-refractivity contribution >= 4 is 5.91 Å². The molecule has 1 aromatic rings. The van der Waals surface area contributed by atoms with Crippen LogP contribution in [-0.4, -0.2) is 40.3 Å². The highest BCUT2D eigenvalue weighted by molar-refractivity contribution is 5.76. The second kappa shape index (κ2) is 7.15. The third-order valence-corrected chi connectivity index (χ3v) is 5.54. The number of nitrogens with one attached hydrogen (secondary N) is 1. The van der Waals surface area contributed by atoms with Crippen molar-refractivity contribution in [2.24, 2.45) is 11.8 Å². The highest BCUT2D eigenvalue weighted by Gasteiger charge is 2.41. The van der Waals surface area contributed by atoms with E-state index in [1.807, 2.05) is 11.1 Å². The predicted octanol–water partition coefficient (Wildman–Crippen LogP) is 3.87. The number of likely N-dealkylation sites (tertiary alicyclic amines) is 1. The molecule has 1 aliphatic heterocycles. The summed E-state index contributed by atoms with van der Waals surface area (Å²) in [6, 6.07) is 0. The van der Waals surface area contributed by atoms with Gasteiger partial charge in [-0.2, -0.15) is 18.3 Å². The number of alkyl halides is 3. The first-order valence-corrected chi connectivity index (χ1v) is 8.76. The third kappa shape index (κ3) is 4.11. The number of amides is 1. The smallest absolute Gasteiger partial charge is 0.342 e. The molecule has 24 heavy (non-hydrogen) atoms. The molecule has 1 amide bonds. The van der Waals surface area contributed by atoms with E-state index in [2.05, 4.69) is 10.2 Å². The Hall–Kier alpha value is -1.53. The van der Waals surface area contributed by atoms with E-state index in [9.17, 15) is 18.0 Å². The average Bonchev–Trinajstić information content (AvgIpc) is 3.09. The highest BCUT2D eigenvalue weighted by Crippen LogP contribution is 2.40. The van der Waals surface area contributed by atoms with E-state index >= 15 is 0 Å². The van der Waals surface area contributed by atoms with Gasteiger partial charge in [0.1, 0.15) is 0 Å². The quantitative estimate of drug-likeness (QED) is 0.905. The van der Waals surface area contributed by atoms with Crippen molar-refractivity contribution in [1.82, 2.24) is 15.1 Å². The Labute approximate surface area is 139 Å². The minimum absolute atomic E-state index is 0.0960. The summed E-state index contributed by atoms with van der Waals surface area (Å²) in [5, 5.41) is 6.78. The van der Waals surface area contributed by atoms with Gasteiger partial charge < -0.3 is 4.90 Å². The van der Waals surface area contributed by atoms with Crippen LogP contribution in [0.2, 0.25) is 0 Å². The lowest BCUT2D eigenvalue weighted by Gasteiger charge is -2.35. The van der Waals surface area contributed by atoms with Gasteiger partial charge in [0, 0.05) is 31.6 Å². The van der Waals surface area contributed by atoms with Crippen LogP contribution in [-0.2, 0) is 4.79 Å². The lowest BCUT2D eigenvalue weighted by Crippen LogP contribution is -2.40. The molecule has 0 radical (unpaired) electrons. The van der Waals surface area contributed by atoms with Crippen molar-refractivity contribution in [3.8, 4) is 0 Å². The Bertz CT molecular complexity index is 536. The summed E-state index contributed by atoms with van der Waals surface area (Å²) < 4.78 is 38.1. The molecule has 0 spiro atoms. The number of rotatable bonds is 3. The van der Waals surface area contributed by atoms with Crippen molar-refractivity contribution in [1.29, 1.82) is 0 Å². The van der Waals surface area contributed by atoms with Crippen LogP contribution in [0, 0.1) is 11.8 Å². The molecule has 1 aromatic heterocycles. The van der Waals surface area contributed by atoms with Crippen molar-refractivity contribution < 1.29 is 18.0 Å². The largest absolute Gasteiger partial charge is 0.391 e. The van der Waals surface area contributed by atoms with E-state index < -0.39 is 12.1 Å². The Balaban J connectivity index is 1.49. The molecule has 0 aromatic carbocycles. The monoisotopic (exact) mass is 343 g/mol. The van der Waals surface area contributed by atoms with Crippen LogP contribution < -0.4 is 0 Å². The summed E-state index contributed by atoms with van der Waals surface area (Å²) in [6.07, 6.45) is 3.33. The Kier molecular flexibility index (Phi) is 5.15. The van der Waals surface area contributed by atoms with Crippen LogP contribution in [0.25, 0.3) is 0 Å². The van der Waals surface area contributed by atoms with Gasteiger partial charge in [-0.05, 0) is 50.0 Å². The number of piperidine rings is 1. The minimum atomic E-state index is -4.08. The number of carbonyl (C=O) groups excluding carboxylic acids is 1. The maximum absolute atomic E-state index is 12.7. The van der Waals surface area contributed by atoms with E-state index in [1.165, 1.54) is 0 Å². The summed E-state index contributed by atoms with van der Waals surface area (Å²) in [5.74, 6) is -0.671. The summed E-state index contributed by atoms with van der Waals surface area (Å²) in [4.78, 5) is 14.4. The summed E-state index contributed by atoms with van der Waals surface area (Å²) in [6.45, 7) is 1.45. The lowest BCUT2D eigenvalue weighted by molar-refractivity contribution is -0.184. The van der Waals surface area contributed by atoms with Gasteiger partial charge in [-0.3, -0.25) is 9.89 Å². The normalized spacial score (nSPS) is 28.8. The highest BCUT2D eigenvalue weighted by atomic mass is 19.4. The van der Waals surface area contributed by atoms with E-state index in [0.717, 1.165) is 24.9 Å². The number of carbonyl (C=O) groups is 1. The van der Waals surface area contributed by atoms with Crippen molar-refractivity contribution in [3.05, 3.63) is 18.0 Å². The van der Waals surface area contributed by atoms with Crippen molar-refractivity contribution in [2.45, 2.75) is 57.0 Å². The van der Waals surface area contributed by atoms with Crippen LogP contribution in [0.3, 0.4) is 0 Å². The second-order valence-corrected chi connectivity index (χ2v) is 7.17. The maximum Gasteiger partial charge on any atom is 0.391 e. The van der Waals surface area contributed by atoms with Gasteiger partial charge in [0.05, 0.1) is 12.1 Å². The molecule has 134 valence electrons. The molecule has 1 N–H and O–H groups in total. The first-order valence-electron chi connectivity index (χ1n) is 8.76. The van der Waals surface area contributed by atoms with E-state index in [1.54, 1.807) is 6.20 Å². The number of aromatic amines is 1. The average molecular weight is 343 g/mol. The van der Waals surface area contributed by atoms with Crippen molar-refractivity contribution in [3.63, 3.8) is 0 Å². The van der Waals surface area contributed by atoms with E-state index in [-0.39, 0.29) is 24.7 Å². The van der Waals surface area contributed by atoms with E-state index in [0.29, 0.717) is 31.7 Å². The van der Waals surface area contributed by atoms with Gasteiger partial charge in [0.2, 0.25) is 5.91 Å². The molecule has 1 saturated heterocycles. The molecule has 2 heterocycles. The first-order chi connectivity index (χ1) is 11.4. The molecule has 7 heteroatoms. The fourth-order valence-corrected chi connectivity index (χ4v) is 4.03. The first kappa shape index (κ1) is 17.3. The molecule has 1 atom stereocenters. The SMILES string of the molecule is O=C(CC1CCC(C(F)(F)F)CC1)N1CCC[C@@H](c2cn[nH]c2)C1. The molecule has 2 fully saturated rings. The maximum atomic E-state index is 12.7. The number of H-pyrrole nitrogens is 1. The van der Waals surface area contributed by atoms with Crippen LogP contribution in [0.15, 0.2) is 12.4 Å². The summed E-state index contributed by atoms with van der Waals surface area (Å²) in [5.41, 5.74) is 1.12. The molecule has 4 nitrogen and oxygen atoms in total. The third-order valence-electron chi connectivity index (χ3n) is 5.54. The predicted molar refractivity (Wildman–Crippen MR) is 83.3 cm³/mol. The fourth-order valence-electron chi connectivity index (χ4n) is 4.03. The minimum Gasteiger partial charge on any atom is -0.342 e. The number of aromatic nitrogens is 2. The summed E-state index contributed by atoms with van der Waals surface area (Å²) >= 11 is 0. The van der Waals surface area contributed by atoms with Gasteiger partial charge in [0.25, 0.3) is 0 Å². The molecule has 3 rings (SSSR count). The molecule has 2 aliphatic rings. The number of halogens is 3. The molecular formula is C17H24F3N3O. The van der Waals surface area contributed by atoms with E-state index in [4.69, 9.17) is 0 Å². The second-order valence-electron chi connectivity index (χ2n) is 7.17. The molecule has 1 aliphatic carbocycles. The van der Waals surface area contributed by atoms with Crippen LogP contribution in [0.1, 0.15) is 56.4 Å². The molecule has 1 saturated carbocycles. The number of nitrogens with zero attached hydrogens (tertiary/aromatic N) is 2. The van der Waals surface area contributed by atoms with Gasteiger partial charge in [-0.1, -0.05) is 0 Å². The molecule has 0 bridgehead atoms. The number of hydrogen-bond donors (Lipinski definition) is 1. The molecular weight excluding hydrogens is 319 g/mol. The van der Waals surface area contributed by atoms with Gasteiger partial charge in [0.15, 0.2) is 0 Å². The topological polar surface area (TPSA) is 49.0 Å². The summed E-state index contributed by atoms with van der Waals surface area (Å²) in [7, 11) is 0. The zero-order valence-corrected chi connectivity index (χ0v) is 13.7. The van der Waals surface area contributed by atoms with Gasteiger partial charge >= 0.3 is 6.18 Å². The van der Waals surface area contributed by atoms with Gasteiger partial charge in [-0.25, -0.2) is 0 Å². The van der Waals surface area contributed by atoms with Crippen LogP contribution in [0.4, 0.5) is 13.2 Å².